The van der Waals surface area contributed by atoms with Crippen LogP contribution in [0.25, 0.3) is 0 Å². The SMILES string of the molecule is CC#Cc1cc(N)c(F)c([C@H]2Cc3nc(OC[C@]45CCCN4C/C(=C/F)C5)nc(N4CCCn5nc(C(=O)N(C)C)c(C)c5C4)c3CO2)c1C(F)(F)F. The number of carbonyl (C=O) groups is 1. The highest BCUT2D eigenvalue weighted by Crippen LogP contribution is 2.45. The van der Waals surface area contributed by atoms with Gasteiger partial charge in [-0.15, -0.1) is 5.92 Å². The highest BCUT2D eigenvalue weighted by atomic mass is 19.4. The summed E-state index contributed by atoms with van der Waals surface area (Å²) in [6.07, 6.45) is -3.09. The van der Waals surface area contributed by atoms with Crippen molar-refractivity contribution in [3.63, 3.8) is 0 Å². The molecule has 0 aliphatic carbocycles. The number of aromatic nitrogens is 4. The predicted octanol–water partition coefficient (Wildman–Crippen LogP) is 5.49. The summed E-state index contributed by atoms with van der Waals surface area (Å²) in [5.74, 6) is 3.90. The minimum absolute atomic E-state index is 0.00196. The maximum Gasteiger partial charge on any atom is 0.418 e. The first-order valence-corrected chi connectivity index (χ1v) is 17.6. The molecule has 2 saturated heterocycles. The van der Waals surface area contributed by atoms with Crippen LogP contribution in [0.1, 0.15) is 88.4 Å². The van der Waals surface area contributed by atoms with E-state index in [1.807, 2.05) is 16.5 Å². The first-order chi connectivity index (χ1) is 25.2. The molecule has 2 fully saturated rings. The molecule has 6 heterocycles. The number of fused-ring (bicyclic) bond motifs is 3. The smallest absolute Gasteiger partial charge is 0.418 e. The molecule has 2 aromatic heterocycles. The Balaban J connectivity index is 1.30. The Kier molecular flexibility index (Phi) is 9.60. The van der Waals surface area contributed by atoms with Gasteiger partial charge in [0.25, 0.3) is 5.91 Å². The lowest BCUT2D eigenvalue weighted by Gasteiger charge is -2.33. The molecule has 0 radical (unpaired) electrons. The largest absolute Gasteiger partial charge is 0.461 e. The summed E-state index contributed by atoms with van der Waals surface area (Å²) in [5, 5.41) is 4.62. The van der Waals surface area contributed by atoms with Gasteiger partial charge in [0.2, 0.25) is 0 Å². The van der Waals surface area contributed by atoms with E-state index in [-0.39, 0.29) is 31.6 Å². The molecule has 282 valence electrons. The number of halogens is 5. The van der Waals surface area contributed by atoms with Crippen molar-refractivity contribution in [1.82, 2.24) is 29.5 Å². The number of rotatable bonds is 6. The van der Waals surface area contributed by atoms with Crippen molar-refractivity contribution in [2.24, 2.45) is 0 Å². The zero-order valence-corrected chi connectivity index (χ0v) is 30.0. The van der Waals surface area contributed by atoms with Crippen LogP contribution in [0.2, 0.25) is 0 Å². The van der Waals surface area contributed by atoms with E-state index in [0.29, 0.717) is 73.7 Å². The summed E-state index contributed by atoms with van der Waals surface area (Å²) in [6, 6.07) is 0.890. The van der Waals surface area contributed by atoms with Crippen molar-refractivity contribution in [2.75, 3.05) is 51.0 Å². The topological polar surface area (TPSA) is 115 Å². The number of carbonyl (C=O) groups excluding carboxylic acids is 1. The molecule has 0 bridgehead atoms. The molecule has 11 nitrogen and oxygen atoms in total. The van der Waals surface area contributed by atoms with E-state index in [0.717, 1.165) is 36.7 Å². The number of alkyl halides is 3. The van der Waals surface area contributed by atoms with E-state index < -0.39 is 46.0 Å². The zero-order valence-electron chi connectivity index (χ0n) is 30.0. The quantitative estimate of drug-likeness (QED) is 0.199. The average Bonchev–Trinajstić information content (AvgIpc) is 3.71. The molecule has 4 aliphatic heterocycles. The minimum Gasteiger partial charge on any atom is -0.461 e. The molecular weight excluding hydrogens is 699 g/mol. The molecule has 0 unspecified atom stereocenters. The molecule has 2 atom stereocenters. The summed E-state index contributed by atoms with van der Waals surface area (Å²) in [7, 11) is 3.33. The lowest BCUT2D eigenvalue weighted by Crippen LogP contribution is -2.43. The molecule has 7 rings (SSSR count). The maximum atomic E-state index is 15.7. The van der Waals surface area contributed by atoms with Gasteiger partial charge in [0.05, 0.1) is 53.8 Å². The first kappa shape index (κ1) is 36.6. The van der Waals surface area contributed by atoms with Gasteiger partial charge in [-0.1, -0.05) is 5.92 Å². The first-order valence-electron chi connectivity index (χ1n) is 17.6. The number of ether oxygens (including phenoxy) is 2. The number of hydrogen-bond donors (Lipinski definition) is 1. The van der Waals surface area contributed by atoms with E-state index >= 15 is 4.39 Å². The Morgan fingerprint density at radius 2 is 2.00 bits per heavy atom. The number of aryl methyl sites for hydroxylation is 1. The fourth-order valence-electron chi connectivity index (χ4n) is 8.17. The predicted molar refractivity (Wildman–Crippen MR) is 185 cm³/mol. The van der Waals surface area contributed by atoms with Crippen LogP contribution in [0.4, 0.5) is 33.5 Å². The Morgan fingerprint density at radius 1 is 1.21 bits per heavy atom. The van der Waals surface area contributed by atoms with Crippen LogP contribution in [0, 0.1) is 24.6 Å². The van der Waals surface area contributed by atoms with Crippen LogP contribution in [-0.2, 0) is 37.0 Å². The van der Waals surface area contributed by atoms with E-state index in [1.54, 1.807) is 14.1 Å². The van der Waals surface area contributed by atoms with Gasteiger partial charge in [-0.05, 0) is 57.7 Å². The van der Waals surface area contributed by atoms with E-state index in [2.05, 4.69) is 21.8 Å². The molecule has 53 heavy (non-hydrogen) atoms. The van der Waals surface area contributed by atoms with Crippen LogP contribution in [0.5, 0.6) is 6.01 Å². The minimum atomic E-state index is -4.96. The highest BCUT2D eigenvalue weighted by Gasteiger charge is 2.48. The normalized spacial score (nSPS) is 22.2. The molecule has 4 aliphatic rings. The lowest BCUT2D eigenvalue weighted by atomic mass is 9.90. The second-order valence-electron chi connectivity index (χ2n) is 14.3. The van der Waals surface area contributed by atoms with Gasteiger partial charge in [-0.2, -0.15) is 28.2 Å². The molecule has 0 saturated carbocycles. The van der Waals surface area contributed by atoms with Gasteiger partial charge in [0.15, 0.2) is 11.5 Å². The van der Waals surface area contributed by atoms with Crippen molar-refractivity contribution in [3.05, 3.63) is 68.7 Å². The van der Waals surface area contributed by atoms with Crippen LogP contribution in [-0.4, -0.2) is 81.3 Å². The van der Waals surface area contributed by atoms with E-state index in [9.17, 15) is 22.4 Å². The molecule has 0 spiro atoms. The average molecular weight is 741 g/mol. The molecule has 1 amide bonds. The van der Waals surface area contributed by atoms with Gasteiger partial charge >= 0.3 is 12.2 Å². The molecule has 2 N–H and O–H groups in total. The number of nitrogen functional groups attached to an aromatic ring is 1. The van der Waals surface area contributed by atoms with Gasteiger partial charge in [-0.3, -0.25) is 14.4 Å². The lowest BCUT2D eigenvalue weighted by molar-refractivity contribution is -0.140. The highest BCUT2D eigenvalue weighted by molar-refractivity contribution is 5.93. The van der Waals surface area contributed by atoms with Crippen LogP contribution in [0.15, 0.2) is 18.0 Å². The number of amides is 1. The van der Waals surface area contributed by atoms with Gasteiger partial charge in [0.1, 0.15) is 12.4 Å². The van der Waals surface area contributed by atoms with Crippen molar-refractivity contribution < 1.29 is 36.2 Å². The summed E-state index contributed by atoms with van der Waals surface area (Å²) in [6.45, 7) is 5.87. The van der Waals surface area contributed by atoms with Crippen molar-refractivity contribution in [2.45, 2.75) is 83.5 Å². The van der Waals surface area contributed by atoms with Crippen LogP contribution < -0.4 is 15.4 Å². The summed E-state index contributed by atoms with van der Waals surface area (Å²) in [4.78, 5) is 28.2. The monoisotopic (exact) mass is 740 g/mol. The van der Waals surface area contributed by atoms with Gasteiger partial charge in [-0.25, -0.2) is 8.78 Å². The van der Waals surface area contributed by atoms with Gasteiger partial charge < -0.3 is 25.0 Å². The zero-order chi connectivity index (χ0) is 37.8. The molecule has 16 heteroatoms. The van der Waals surface area contributed by atoms with Crippen molar-refractivity contribution in [3.8, 4) is 17.9 Å². The van der Waals surface area contributed by atoms with Gasteiger partial charge in [0, 0.05) is 62.4 Å². The Hall–Kier alpha value is -4.75. The Labute approximate surface area is 303 Å². The third-order valence-corrected chi connectivity index (χ3v) is 10.7. The standard InChI is InChI=1S/C37H41F5N8O3/c1-5-8-23-13-25(43)31(39)29(30(23)37(40,41)42)28-14-26-24(19-52-28)33(45-35(44-26)53-20-36-9-6-11-49(36)17-22(15-36)16-38)48-10-7-12-50-27(18-48)21(2)32(46-50)34(51)47(3)4/h13,16,28H,6-7,9-12,14-15,17-20,43H2,1-4H3/b22-16+/t28-,36-/m1/s1. The molecule has 1 aromatic carbocycles. The fraction of sp³-hybridized carbons (Fsp3) is 0.514. The third-order valence-electron chi connectivity index (χ3n) is 10.7. The van der Waals surface area contributed by atoms with Crippen LogP contribution >= 0.6 is 0 Å². The summed E-state index contributed by atoms with van der Waals surface area (Å²) in [5.41, 5.74) is 6.01. The van der Waals surface area contributed by atoms with Crippen LogP contribution in [0.3, 0.4) is 0 Å². The van der Waals surface area contributed by atoms with Crippen molar-refractivity contribution in [1.29, 1.82) is 0 Å². The Morgan fingerprint density at radius 3 is 2.72 bits per heavy atom. The summed E-state index contributed by atoms with van der Waals surface area (Å²) < 4.78 is 87.5. The number of hydrogen-bond acceptors (Lipinski definition) is 9. The van der Waals surface area contributed by atoms with E-state index in [4.69, 9.17) is 25.2 Å². The second kappa shape index (κ2) is 13.9. The third kappa shape index (κ3) is 6.58. The van der Waals surface area contributed by atoms with Crippen molar-refractivity contribution >= 4 is 17.4 Å². The number of nitrogens with zero attached hydrogens (tertiary/aromatic N) is 7. The number of nitrogens with two attached hydrogens (primary N) is 1. The second-order valence-corrected chi connectivity index (χ2v) is 14.3. The number of benzene rings is 1. The fourth-order valence-corrected chi connectivity index (χ4v) is 8.17. The molecule has 3 aromatic rings. The maximum absolute atomic E-state index is 15.7. The number of anilines is 2. The summed E-state index contributed by atoms with van der Waals surface area (Å²) >= 11 is 0. The molecular formula is C37H41F5N8O3. The van der Waals surface area contributed by atoms with E-state index in [1.165, 1.54) is 11.8 Å². The Bertz CT molecular complexity index is 2050.